The number of carbonyl (C=O) groups excluding carboxylic acids is 3. The Bertz CT molecular complexity index is 1600. The van der Waals surface area contributed by atoms with Gasteiger partial charge in [0.05, 0.1) is 33.0 Å². The van der Waals surface area contributed by atoms with Crippen LogP contribution in [0.25, 0.3) is 0 Å². The molecule has 2 amide bonds. The zero-order valence-electron chi connectivity index (χ0n) is 36.3. The van der Waals surface area contributed by atoms with Gasteiger partial charge in [0.25, 0.3) is 0 Å². The SMILES string of the molecule is CC(CO)CON1C(=O)CCCCCCCCC(=O)C(N2CCOCC2)(N2CCOCC2)[C@@]1(NC(=O)CCCCCCCCC(=O)O)C(O)(c1ccccc1)c1ccccc1. The fourth-order valence-corrected chi connectivity index (χ4v) is 9.39. The molecule has 2 aromatic carbocycles. The van der Waals surface area contributed by atoms with Gasteiger partial charge in [0, 0.05) is 64.4 Å². The third kappa shape index (κ3) is 11.4. The number of hydrogen-bond donors (Lipinski definition) is 4. The molecule has 0 spiro atoms. The molecular weight excluding hydrogens is 781 g/mol. The molecule has 5 rings (SSSR count). The molecule has 2 atom stereocenters. The third-order valence-electron chi connectivity index (χ3n) is 12.5. The van der Waals surface area contributed by atoms with Crippen LogP contribution in [0.15, 0.2) is 60.7 Å². The molecule has 1 unspecified atom stereocenters. The summed E-state index contributed by atoms with van der Waals surface area (Å²) in [5, 5.41) is 38.6. The second-order valence-corrected chi connectivity index (χ2v) is 16.9. The minimum atomic E-state index is -2.41. The number of nitrogens with zero attached hydrogens (tertiary/aromatic N) is 3. The number of nitrogens with one attached hydrogen (secondary N) is 1. The van der Waals surface area contributed by atoms with E-state index in [1.54, 1.807) is 55.5 Å². The summed E-state index contributed by atoms with van der Waals surface area (Å²) in [6.45, 7) is 3.43. The standard InChI is InChI=1S/C47H70N4O10/c1-38(36-52)37-61-51-43(55)26-18-8-4-2-6-16-24-41(53)46(49-28-32-59-33-29-49,50-30-34-60-35-31-50)47(51,48-42(54)25-17-7-3-5-9-19-27-44(56)57)45(58,39-20-12-10-13-21-39)40-22-14-11-15-23-40/h10-15,20-23,38,52,58H,2-9,16-19,24-37H2,1H3,(H,48,54)(H,56,57)/t38?,47-/m1/s1. The molecule has 3 aliphatic heterocycles. The number of unbranched alkanes of at least 4 members (excludes halogenated alkanes) is 5. The van der Waals surface area contributed by atoms with E-state index in [2.05, 4.69) is 5.32 Å². The van der Waals surface area contributed by atoms with Gasteiger partial charge in [0.2, 0.25) is 17.5 Å². The number of ketones is 1. The van der Waals surface area contributed by atoms with E-state index in [9.17, 15) is 15.0 Å². The minimum absolute atomic E-state index is 0.0160. The summed E-state index contributed by atoms with van der Waals surface area (Å²) in [7, 11) is 0. The lowest BCUT2D eigenvalue weighted by molar-refractivity contribution is -0.323. The van der Waals surface area contributed by atoms with E-state index in [0.29, 0.717) is 43.2 Å². The monoisotopic (exact) mass is 851 g/mol. The molecule has 3 heterocycles. The number of hydrogen-bond acceptors (Lipinski definition) is 11. The highest BCUT2D eigenvalue weighted by Gasteiger charge is 2.76. The van der Waals surface area contributed by atoms with Gasteiger partial charge < -0.3 is 30.1 Å². The largest absolute Gasteiger partial charge is 0.481 e. The van der Waals surface area contributed by atoms with Gasteiger partial charge in [0.1, 0.15) is 0 Å². The second kappa shape index (κ2) is 24.2. The maximum atomic E-state index is 16.3. The number of aliphatic hydroxyl groups excluding tert-OH is 1. The maximum absolute atomic E-state index is 16.3. The first-order chi connectivity index (χ1) is 29.6. The van der Waals surface area contributed by atoms with Gasteiger partial charge in [-0.3, -0.25) is 33.8 Å². The molecule has 3 aliphatic rings. The first-order valence-corrected chi connectivity index (χ1v) is 22.7. The summed E-state index contributed by atoms with van der Waals surface area (Å²) >= 11 is 0. The molecule has 0 aromatic heterocycles. The first-order valence-electron chi connectivity index (χ1n) is 22.7. The quantitative estimate of drug-likeness (QED) is 0.133. The van der Waals surface area contributed by atoms with E-state index in [0.717, 1.165) is 44.9 Å². The van der Waals surface area contributed by atoms with Crippen LogP contribution in [-0.4, -0.2) is 131 Å². The van der Waals surface area contributed by atoms with Gasteiger partial charge >= 0.3 is 5.97 Å². The Morgan fingerprint density at radius 3 is 1.72 bits per heavy atom. The van der Waals surface area contributed by atoms with Gasteiger partial charge in [-0.25, -0.2) is 0 Å². The number of carboxylic acid groups (broad SMARTS) is 1. The Kier molecular flexibility index (Phi) is 19.1. The molecule has 14 nitrogen and oxygen atoms in total. The number of amides is 2. The lowest BCUT2D eigenvalue weighted by Crippen LogP contribution is -2.92. The van der Waals surface area contributed by atoms with Gasteiger partial charge in [0.15, 0.2) is 17.0 Å². The molecule has 0 radical (unpaired) electrons. The second-order valence-electron chi connectivity index (χ2n) is 16.9. The van der Waals surface area contributed by atoms with Gasteiger partial charge in [-0.1, -0.05) is 119 Å². The average molecular weight is 851 g/mol. The van der Waals surface area contributed by atoms with Crippen LogP contribution in [-0.2, 0) is 39.1 Å². The van der Waals surface area contributed by atoms with Crippen molar-refractivity contribution in [1.29, 1.82) is 0 Å². The molecule has 3 saturated heterocycles. The summed E-state index contributed by atoms with van der Waals surface area (Å²) in [4.78, 5) is 69.0. The van der Waals surface area contributed by atoms with E-state index in [1.165, 1.54) is 5.06 Å². The van der Waals surface area contributed by atoms with Gasteiger partial charge in [-0.2, -0.15) is 5.06 Å². The number of rotatable bonds is 19. The van der Waals surface area contributed by atoms with Crippen molar-refractivity contribution < 1.29 is 48.8 Å². The zero-order valence-corrected chi connectivity index (χ0v) is 36.3. The number of carboxylic acids is 1. The molecular formula is C47H70N4O10. The van der Waals surface area contributed by atoms with Crippen molar-refractivity contribution in [3.8, 4) is 0 Å². The molecule has 2 aromatic rings. The molecule has 0 bridgehead atoms. The molecule has 0 saturated carbocycles. The van der Waals surface area contributed by atoms with Crippen LogP contribution in [0.5, 0.6) is 0 Å². The predicted octanol–water partition coefficient (Wildman–Crippen LogP) is 5.39. The van der Waals surface area contributed by atoms with Crippen LogP contribution < -0.4 is 5.32 Å². The minimum Gasteiger partial charge on any atom is -0.481 e. The summed E-state index contributed by atoms with van der Waals surface area (Å²) in [5.74, 6) is -2.52. The van der Waals surface area contributed by atoms with Crippen LogP contribution in [0.1, 0.15) is 121 Å². The molecule has 14 heteroatoms. The van der Waals surface area contributed by atoms with E-state index in [-0.39, 0.29) is 97.3 Å². The van der Waals surface area contributed by atoms with E-state index >= 15 is 14.4 Å². The van der Waals surface area contributed by atoms with Crippen LogP contribution >= 0.6 is 0 Å². The fraction of sp³-hybridized carbons (Fsp3) is 0.660. The summed E-state index contributed by atoms with van der Waals surface area (Å²) < 4.78 is 11.9. The molecule has 338 valence electrons. The summed E-state index contributed by atoms with van der Waals surface area (Å²) in [5.41, 5.74) is -6.07. The third-order valence-corrected chi connectivity index (χ3v) is 12.5. The van der Waals surface area contributed by atoms with Crippen molar-refractivity contribution in [2.75, 3.05) is 65.8 Å². The van der Waals surface area contributed by atoms with Crippen molar-refractivity contribution in [3.05, 3.63) is 71.8 Å². The van der Waals surface area contributed by atoms with Crippen LogP contribution in [0.4, 0.5) is 0 Å². The van der Waals surface area contributed by atoms with E-state index in [4.69, 9.17) is 19.4 Å². The molecule has 0 aliphatic carbocycles. The number of aliphatic carboxylic acids is 1. The topological polar surface area (TPSA) is 178 Å². The Hall–Kier alpha value is -3.76. The lowest BCUT2D eigenvalue weighted by Gasteiger charge is -2.66. The highest BCUT2D eigenvalue weighted by molar-refractivity contribution is 5.93. The Morgan fingerprint density at radius 1 is 0.738 bits per heavy atom. The highest BCUT2D eigenvalue weighted by atomic mass is 16.7. The van der Waals surface area contributed by atoms with Crippen LogP contribution in [0, 0.1) is 5.92 Å². The van der Waals surface area contributed by atoms with Gasteiger partial charge in [-0.05, 0) is 36.8 Å². The Morgan fingerprint density at radius 2 is 1.21 bits per heavy atom. The predicted molar refractivity (Wildman–Crippen MR) is 230 cm³/mol. The van der Waals surface area contributed by atoms with Crippen molar-refractivity contribution in [2.24, 2.45) is 5.92 Å². The van der Waals surface area contributed by atoms with Crippen molar-refractivity contribution in [1.82, 2.24) is 20.2 Å². The maximum Gasteiger partial charge on any atom is 0.303 e. The summed E-state index contributed by atoms with van der Waals surface area (Å²) in [6.07, 6.45) is 8.86. The summed E-state index contributed by atoms with van der Waals surface area (Å²) in [6, 6.07) is 17.9. The van der Waals surface area contributed by atoms with Crippen molar-refractivity contribution in [3.63, 3.8) is 0 Å². The number of morpholine rings is 2. The van der Waals surface area contributed by atoms with Crippen LogP contribution in [0.2, 0.25) is 0 Å². The number of aliphatic hydroxyl groups is 2. The number of carbonyl (C=O) groups is 4. The average Bonchev–Trinajstić information content (AvgIpc) is 3.29. The zero-order chi connectivity index (χ0) is 43.6. The van der Waals surface area contributed by atoms with Crippen molar-refractivity contribution >= 4 is 23.6 Å². The normalized spacial score (nSPS) is 22.1. The number of Topliss-reactive ketones (excluding diaryl/α,β-unsaturated/α-hetero) is 1. The Balaban J connectivity index is 1.86. The highest BCUT2D eigenvalue weighted by Crippen LogP contribution is 2.53. The number of hydroxylamine groups is 2. The molecule has 3 fully saturated rings. The molecule has 61 heavy (non-hydrogen) atoms. The van der Waals surface area contributed by atoms with Gasteiger partial charge in [-0.15, -0.1) is 0 Å². The van der Waals surface area contributed by atoms with Crippen molar-refractivity contribution in [2.45, 2.75) is 127 Å². The van der Waals surface area contributed by atoms with E-state index < -0.39 is 40.6 Å². The number of benzene rings is 2. The van der Waals surface area contributed by atoms with E-state index in [1.807, 2.05) is 21.9 Å². The Labute approximate surface area is 361 Å². The van der Waals surface area contributed by atoms with Crippen LogP contribution in [0.3, 0.4) is 0 Å². The first kappa shape index (κ1) is 48.3. The number of ether oxygens (including phenoxy) is 2. The smallest absolute Gasteiger partial charge is 0.303 e. The fourth-order valence-electron chi connectivity index (χ4n) is 9.39. The lowest BCUT2D eigenvalue weighted by atomic mass is 9.65. The molecule has 4 N–H and O–H groups in total.